The van der Waals surface area contributed by atoms with Crippen molar-refractivity contribution >= 4 is 15.9 Å². The summed E-state index contributed by atoms with van der Waals surface area (Å²) in [5.41, 5.74) is 0. The molecule has 3 aliphatic rings. The minimum atomic E-state index is -3.45. The van der Waals surface area contributed by atoms with Crippen LogP contribution < -0.4 is 0 Å². The van der Waals surface area contributed by atoms with E-state index in [-0.39, 0.29) is 5.91 Å². The van der Waals surface area contributed by atoms with Crippen LogP contribution in [0.1, 0.15) is 32.1 Å². The second-order valence-corrected chi connectivity index (χ2v) is 9.67. The van der Waals surface area contributed by atoms with E-state index in [0.29, 0.717) is 43.4 Å². The van der Waals surface area contributed by atoms with Crippen LogP contribution in [0.4, 0.5) is 0 Å². The molecular weight excluding hydrogens is 336 g/mol. The molecule has 2 bridgehead atoms. The Labute approximate surface area is 150 Å². The van der Waals surface area contributed by atoms with Gasteiger partial charge in [0.15, 0.2) is 0 Å². The summed E-state index contributed by atoms with van der Waals surface area (Å²) in [6.07, 6.45) is 5.85. The van der Waals surface area contributed by atoms with E-state index in [1.165, 1.54) is 30.0 Å². The minimum absolute atomic E-state index is 0.217. The number of rotatable bonds is 4. The first-order chi connectivity index (χ1) is 12.0. The van der Waals surface area contributed by atoms with Gasteiger partial charge in [0.2, 0.25) is 15.9 Å². The summed E-state index contributed by atoms with van der Waals surface area (Å²) in [5, 5.41) is 0. The molecule has 1 saturated heterocycles. The summed E-state index contributed by atoms with van der Waals surface area (Å²) in [5.74, 6) is 2.40. The van der Waals surface area contributed by atoms with E-state index in [2.05, 4.69) is 0 Å². The summed E-state index contributed by atoms with van der Waals surface area (Å²) < 4.78 is 26.8. The molecule has 0 aromatic heterocycles. The molecular formula is C19H26N2O3S. The fourth-order valence-corrected chi connectivity index (χ4v) is 6.34. The fourth-order valence-electron chi connectivity index (χ4n) is 4.90. The third kappa shape index (κ3) is 3.34. The monoisotopic (exact) mass is 362 g/mol. The fraction of sp³-hybridized carbons (Fsp3) is 0.632. The van der Waals surface area contributed by atoms with Crippen LogP contribution in [0.15, 0.2) is 35.2 Å². The van der Waals surface area contributed by atoms with Crippen LogP contribution in [-0.4, -0.2) is 49.7 Å². The van der Waals surface area contributed by atoms with Gasteiger partial charge in [-0.2, -0.15) is 4.31 Å². The van der Waals surface area contributed by atoms with E-state index in [1.807, 2.05) is 11.0 Å². The maximum absolute atomic E-state index is 12.7. The first kappa shape index (κ1) is 17.0. The van der Waals surface area contributed by atoms with Gasteiger partial charge in [0.25, 0.3) is 0 Å². The molecule has 6 heteroatoms. The summed E-state index contributed by atoms with van der Waals surface area (Å²) in [4.78, 5) is 14.8. The molecule has 2 saturated carbocycles. The number of piperazine rings is 1. The first-order valence-corrected chi connectivity index (χ1v) is 10.8. The highest BCUT2D eigenvalue weighted by atomic mass is 32.2. The number of benzene rings is 1. The number of hydrogen-bond acceptors (Lipinski definition) is 3. The van der Waals surface area contributed by atoms with Crippen molar-refractivity contribution in [2.24, 2.45) is 17.8 Å². The second-order valence-electron chi connectivity index (χ2n) is 7.74. The number of amides is 1. The Hall–Kier alpha value is -1.40. The van der Waals surface area contributed by atoms with Gasteiger partial charge in [0, 0.05) is 32.6 Å². The molecule has 1 heterocycles. The maximum atomic E-state index is 12.7. The number of sulfonamides is 1. The Morgan fingerprint density at radius 3 is 2.32 bits per heavy atom. The van der Waals surface area contributed by atoms with Gasteiger partial charge in [-0.15, -0.1) is 0 Å². The smallest absolute Gasteiger partial charge is 0.243 e. The van der Waals surface area contributed by atoms with Gasteiger partial charge < -0.3 is 4.90 Å². The average molecular weight is 362 g/mol. The Bertz CT molecular complexity index is 726. The molecule has 3 atom stereocenters. The Morgan fingerprint density at radius 2 is 1.72 bits per heavy atom. The average Bonchev–Trinajstić information content (AvgIpc) is 3.25. The molecule has 1 aromatic carbocycles. The highest BCUT2D eigenvalue weighted by Crippen LogP contribution is 2.49. The van der Waals surface area contributed by atoms with E-state index >= 15 is 0 Å². The summed E-state index contributed by atoms with van der Waals surface area (Å²) in [6.45, 7) is 1.79. The van der Waals surface area contributed by atoms with E-state index in [1.54, 1.807) is 24.3 Å². The standard InChI is InChI=1S/C19H26N2O3S/c22-19(14-17-13-15-6-7-16(17)12-15)20-8-10-21(11-9-20)25(23,24)18-4-2-1-3-5-18/h1-5,15-17H,6-14H2. The summed E-state index contributed by atoms with van der Waals surface area (Å²) >= 11 is 0. The molecule has 0 spiro atoms. The van der Waals surface area contributed by atoms with E-state index < -0.39 is 10.0 Å². The molecule has 136 valence electrons. The highest BCUT2D eigenvalue weighted by molar-refractivity contribution is 7.89. The molecule has 2 aliphatic carbocycles. The van der Waals surface area contributed by atoms with Gasteiger partial charge >= 0.3 is 0 Å². The first-order valence-electron chi connectivity index (χ1n) is 9.37. The third-order valence-electron chi connectivity index (χ3n) is 6.29. The lowest BCUT2D eigenvalue weighted by Crippen LogP contribution is -2.50. The zero-order chi connectivity index (χ0) is 17.4. The third-order valence-corrected chi connectivity index (χ3v) is 8.21. The van der Waals surface area contributed by atoms with Crippen molar-refractivity contribution in [3.63, 3.8) is 0 Å². The quantitative estimate of drug-likeness (QED) is 0.826. The minimum Gasteiger partial charge on any atom is -0.340 e. The number of hydrogen-bond donors (Lipinski definition) is 0. The zero-order valence-corrected chi connectivity index (χ0v) is 15.3. The van der Waals surface area contributed by atoms with Crippen molar-refractivity contribution < 1.29 is 13.2 Å². The molecule has 4 rings (SSSR count). The van der Waals surface area contributed by atoms with Crippen LogP contribution in [0, 0.1) is 17.8 Å². The van der Waals surface area contributed by atoms with Crippen LogP contribution in [0.2, 0.25) is 0 Å². The number of carbonyl (C=O) groups is 1. The number of nitrogens with zero attached hydrogens (tertiary/aromatic N) is 2. The molecule has 0 radical (unpaired) electrons. The molecule has 3 fully saturated rings. The lowest BCUT2D eigenvalue weighted by atomic mass is 9.86. The van der Waals surface area contributed by atoms with Gasteiger partial charge in [-0.1, -0.05) is 24.6 Å². The van der Waals surface area contributed by atoms with E-state index in [4.69, 9.17) is 0 Å². The van der Waals surface area contributed by atoms with E-state index in [9.17, 15) is 13.2 Å². The van der Waals surface area contributed by atoms with Crippen molar-refractivity contribution in [1.82, 2.24) is 9.21 Å². The topological polar surface area (TPSA) is 57.7 Å². The molecule has 3 unspecified atom stereocenters. The largest absolute Gasteiger partial charge is 0.340 e. The van der Waals surface area contributed by atoms with Gasteiger partial charge in [-0.3, -0.25) is 4.79 Å². The predicted molar refractivity (Wildman–Crippen MR) is 95.3 cm³/mol. The predicted octanol–water partition coefficient (Wildman–Crippen LogP) is 2.35. The van der Waals surface area contributed by atoms with Crippen molar-refractivity contribution in [2.45, 2.75) is 37.0 Å². The van der Waals surface area contributed by atoms with Crippen LogP contribution in [-0.2, 0) is 14.8 Å². The maximum Gasteiger partial charge on any atom is 0.243 e. The summed E-state index contributed by atoms with van der Waals surface area (Å²) in [6, 6.07) is 8.54. The lowest BCUT2D eigenvalue weighted by Gasteiger charge is -2.35. The zero-order valence-electron chi connectivity index (χ0n) is 14.5. The SMILES string of the molecule is O=C(CC1CC2CCC1C2)N1CCN(S(=O)(=O)c2ccccc2)CC1. The van der Waals surface area contributed by atoms with Gasteiger partial charge in [-0.25, -0.2) is 8.42 Å². The van der Waals surface area contributed by atoms with E-state index in [0.717, 1.165) is 11.8 Å². The van der Waals surface area contributed by atoms with Crippen LogP contribution in [0.25, 0.3) is 0 Å². The normalized spacial score (nSPS) is 29.9. The second kappa shape index (κ2) is 6.72. The number of fused-ring (bicyclic) bond motifs is 2. The Balaban J connectivity index is 1.33. The molecule has 5 nitrogen and oxygen atoms in total. The molecule has 1 amide bonds. The lowest BCUT2D eigenvalue weighted by molar-refractivity contribution is -0.133. The van der Waals surface area contributed by atoms with Crippen LogP contribution in [0.5, 0.6) is 0 Å². The van der Waals surface area contributed by atoms with Crippen molar-refractivity contribution in [3.8, 4) is 0 Å². The Kier molecular flexibility index (Phi) is 4.58. The van der Waals surface area contributed by atoms with Gasteiger partial charge in [-0.05, 0) is 49.1 Å². The van der Waals surface area contributed by atoms with Crippen molar-refractivity contribution in [1.29, 1.82) is 0 Å². The van der Waals surface area contributed by atoms with Gasteiger partial charge in [0.1, 0.15) is 0 Å². The Morgan fingerprint density at radius 1 is 1.00 bits per heavy atom. The molecule has 0 N–H and O–H groups in total. The van der Waals surface area contributed by atoms with Crippen molar-refractivity contribution in [2.75, 3.05) is 26.2 Å². The van der Waals surface area contributed by atoms with Gasteiger partial charge in [0.05, 0.1) is 4.90 Å². The van der Waals surface area contributed by atoms with Crippen LogP contribution >= 0.6 is 0 Å². The molecule has 1 aliphatic heterocycles. The van der Waals surface area contributed by atoms with Crippen molar-refractivity contribution in [3.05, 3.63) is 30.3 Å². The van der Waals surface area contributed by atoms with Crippen LogP contribution in [0.3, 0.4) is 0 Å². The number of carbonyl (C=O) groups excluding carboxylic acids is 1. The molecule has 1 aromatic rings. The highest BCUT2D eigenvalue weighted by Gasteiger charge is 2.41. The molecule has 25 heavy (non-hydrogen) atoms. The summed E-state index contributed by atoms with van der Waals surface area (Å²) in [7, 11) is -3.45.